The van der Waals surface area contributed by atoms with E-state index in [2.05, 4.69) is 36.3 Å². The maximum Gasteiger partial charge on any atom is 0.317 e. The molecule has 1 heterocycles. The van der Waals surface area contributed by atoms with Gasteiger partial charge in [-0.25, -0.2) is 0 Å². The number of hydrogen-bond acceptors (Lipinski definition) is 7. The lowest BCUT2D eigenvalue weighted by atomic mass is 9.96. The summed E-state index contributed by atoms with van der Waals surface area (Å²) in [7, 11) is 1.50. The third-order valence-corrected chi connectivity index (χ3v) is 7.26. The molecule has 0 radical (unpaired) electrons. The number of nitrogens with one attached hydrogen (secondary N) is 2. The molecule has 9 nitrogen and oxygen atoms in total. The van der Waals surface area contributed by atoms with Crippen molar-refractivity contribution in [2.45, 2.75) is 65.0 Å². The van der Waals surface area contributed by atoms with E-state index in [4.69, 9.17) is 19.3 Å². The summed E-state index contributed by atoms with van der Waals surface area (Å²) >= 11 is 0. The number of methoxy groups -OCH3 is 1. The van der Waals surface area contributed by atoms with Gasteiger partial charge in [-0.2, -0.15) is 0 Å². The number of aromatic nitrogens is 1. The zero-order valence-electron chi connectivity index (χ0n) is 22.9. The number of fused-ring (bicyclic) bond motifs is 2. The zero-order chi connectivity index (χ0) is 28.1. The van der Waals surface area contributed by atoms with E-state index < -0.39 is 24.5 Å². The number of carbonyl (C=O) groups is 2. The standard InChI is InChI=1S/C30H36N2O7/c1-5-18-10-20-12-22(13-21(20)11-19(18)6-2)31-15-25(39-28(36)14-27(34)35)29-17(3)9-24(38-16-37-4)30-23(29)7-8-26(33)32-30/h7-11,22,25,31H,5-6,12-16H2,1-4H3,(H,32,33)(H,34,35). The van der Waals surface area contributed by atoms with Gasteiger partial charge in [-0.3, -0.25) is 14.4 Å². The number of ether oxygens (including phenoxy) is 3. The van der Waals surface area contributed by atoms with Gasteiger partial charge in [0.2, 0.25) is 5.56 Å². The summed E-state index contributed by atoms with van der Waals surface area (Å²) in [5, 5.41) is 13.4. The van der Waals surface area contributed by atoms with Crippen LogP contribution in [0.3, 0.4) is 0 Å². The molecule has 208 valence electrons. The van der Waals surface area contributed by atoms with Gasteiger partial charge >= 0.3 is 11.9 Å². The molecule has 1 atom stereocenters. The number of pyridine rings is 1. The van der Waals surface area contributed by atoms with Crippen molar-refractivity contribution in [1.29, 1.82) is 0 Å². The highest BCUT2D eigenvalue weighted by Crippen LogP contribution is 2.35. The molecule has 0 aliphatic heterocycles. The lowest BCUT2D eigenvalue weighted by Gasteiger charge is -2.25. The van der Waals surface area contributed by atoms with E-state index in [0.717, 1.165) is 31.2 Å². The van der Waals surface area contributed by atoms with E-state index in [-0.39, 0.29) is 24.9 Å². The largest absolute Gasteiger partial charge is 0.481 e. The Bertz CT molecular complexity index is 1400. The number of benzene rings is 2. The molecule has 4 rings (SSSR count). The van der Waals surface area contributed by atoms with Crippen LogP contribution in [0.2, 0.25) is 0 Å². The van der Waals surface area contributed by atoms with Crippen molar-refractivity contribution in [2.24, 2.45) is 0 Å². The highest BCUT2D eigenvalue weighted by atomic mass is 16.7. The van der Waals surface area contributed by atoms with E-state index in [1.54, 1.807) is 12.1 Å². The van der Waals surface area contributed by atoms with Gasteiger partial charge < -0.3 is 29.6 Å². The van der Waals surface area contributed by atoms with Crippen LogP contribution in [0.5, 0.6) is 5.75 Å². The van der Waals surface area contributed by atoms with E-state index >= 15 is 0 Å². The lowest BCUT2D eigenvalue weighted by molar-refractivity contribution is -0.155. The molecule has 0 bridgehead atoms. The minimum atomic E-state index is -1.26. The Labute approximate surface area is 227 Å². The van der Waals surface area contributed by atoms with Crippen molar-refractivity contribution in [3.05, 3.63) is 74.1 Å². The first kappa shape index (κ1) is 28.3. The Hall–Kier alpha value is -3.69. The van der Waals surface area contributed by atoms with E-state index in [0.29, 0.717) is 22.2 Å². The first-order valence-electron chi connectivity index (χ1n) is 13.3. The van der Waals surface area contributed by atoms with Gasteiger partial charge in [0.05, 0.1) is 5.52 Å². The van der Waals surface area contributed by atoms with Crippen LogP contribution in [0.1, 0.15) is 59.8 Å². The monoisotopic (exact) mass is 536 g/mol. The highest BCUT2D eigenvalue weighted by Gasteiger charge is 2.28. The highest BCUT2D eigenvalue weighted by molar-refractivity contribution is 5.91. The Kier molecular flexibility index (Phi) is 9.04. The summed E-state index contributed by atoms with van der Waals surface area (Å²) in [6, 6.07) is 9.60. The Morgan fingerprint density at radius 1 is 1.10 bits per heavy atom. The average Bonchev–Trinajstić information content (AvgIpc) is 3.30. The molecular formula is C30H36N2O7. The molecule has 0 fully saturated rings. The predicted octanol–water partition coefficient (Wildman–Crippen LogP) is 3.76. The Morgan fingerprint density at radius 3 is 2.36 bits per heavy atom. The minimum Gasteiger partial charge on any atom is -0.481 e. The number of aryl methyl sites for hydroxylation is 3. The summed E-state index contributed by atoms with van der Waals surface area (Å²) < 4.78 is 16.5. The fourth-order valence-corrected chi connectivity index (χ4v) is 5.49. The lowest BCUT2D eigenvalue weighted by Crippen LogP contribution is -2.35. The Balaban J connectivity index is 1.65. The van der Waals surface area contributed by atoms with Crippen molar-refractivity contribution in [1.82, 2.24) is 10.3 Å². The van der Waals surface area contributed by atoms with Gasteiger partial charge in [0.15, 0.2) is 6.79 Å². The van der Waals surface area contributed by atoms with Gasteiger partial charge in [-0.1, -0.05) is 26.0 Å². The fraction of sp³-hybridized carbons (Fsp3) is 0.433. The third-order valence-electron chi connectivity index (χ3n) is 7.26. The number of carboxylic acids is 1. The van der Waals surface area contributed by atoms with Crippen molar-refractivity contribution in [3.8, 4) is 5.75 Å². The second-order valence-electron chi connectivity index (χ2n) is 9.93. The van der Waals surface area contributed by atoms with Gasteiger partial charge in [-0.05, 0) is 72.6 Å². The molecule has 1 unspecified atom stereocenters. The van der Waals surface area contributed by atoms with Crippen LogP contribution < -0.4 is 15.6 Å². The van der Waals surface area contributed by atoms with Crippen LogP contribution in [0.25, 0.3) is 10.9 Å². The number of hydrogen-bond donors (Lipinski definition) is 3. The number of H-pyrrole nitrogens is 1. The molecule has 1 aliphatic carbocycles. The van der Waals surface area contributed by atoms with Crippen molar-refractivity contribution in [2.75, 3.05) is 20.4 Å². The number of aromatic amines is 1. The molecule has 0 saturated carbocycles. The number of aliphatic carboxylic acids is 1. The second-order valence-corrected chi connectivity index (χ2v) is 9.93. The first-order valence-corrected chi connectivity index (χ1v) is 13.3. The number of rotatable bonds is 12. The van der Waals surface area contributed by atoms with E-state index in [9.17, 15) is 14.4 Å². The number of carboxylic acid groups (broad SMARTS) is 1. The quantitative estimate of drug-likeness (QED) is 0.181. The summed E-state index contributed by atoms with van der Waals surface area (Å²) in [4.78, 5) is 38.7. The van der Waals surface area contributed by atoms with Crippen LogP contribution in [0, 0.1) is 6.92 Å². The van der Waals surface area contributed by atoms with Crippen LogP contribution in [-0.4, -0.2) is 48.5 Å². The van der Waals surface area contributed by atoms with Crippen molar-refractivity contribution >= 4 is 22.8 Å². The van der Waals surface area contributed by atoms with Crippen molar-refractivity contribution in [3.63, 3.8) is 0 Å². The molecular weight excluding hydrogens is 500 g/mol. The predicted molar refractivity (Wildman–Crippen MR) is 147 cm³/mol. The third kappa shape index (κ3) is 6.49. The molecule has 0 spiro atoms. The average molecular weight is 537 g/mol. The van der Waals surface area contributed by atoms with Crippen LogP contribution in [0.4, 0.5) is 0 Å². The van der Waals surface area contributed by atoms with E-state index in [1.807, 2.05) is 6.92 Å². The molecule has 2 aromatic carbocycles. The smallest absolute Gasteiger partial charge is 0.317 e. The van der Waals surface area contributed by atoms with Gasteiger partial charge in [0.1, 0.15) is 18.3 Å². The van der Waals surface area contributed by atoms with Gasteiger partial charge in [0.25, 0.3) is 0 Å². The molecule has 39 heavy (non-hydrogen) atoms. The summed E-state index contributed by atoms with van der Waals surface area (Å²) in [6.07, 6.45) is 2.18. The van der Waals surface area contributed by atoms with Crippen LogP contribution in [-0.2, 0) is 44.7 Å². The maximum absolute atomic E-state index is 12.5. The second kappa shape index (κ2) is 12.4. The van der Waals surface area contributed by atoms with E-state index in [1.165, 1.54) is 35.4 Å². The summed E-state index contributed by atoms with van der Waals surface area (Å²) in [5.74, 6) is -1.66. The molecule has 1 aromatic heterocycles. The summed E-state index contributed by atoms with van der Waals surface area (Å²) in [6.45, 7) is 6.48. The first-order chi connectivity index (χ1) is 18.7. The summed E-state index contributed by atoms with van der Waals surface area (Å²) in [5.41, 5.74) is 7.01. The number of esters is 1. The molecule has 1 aliphatic rings. The van der Waals surface area contributed by atoms with Crippen LogP contribution in [0.15, 0.2) is 35.1 Å². The maximum atomic E-state index is 12.5. The minimum absolute atomic E-state index is 0.00881. The molecule has 0 amide bonds. The SMILES string of the molecule is CCc1cc2c(cc1CC)CC(NCC(OC(=O)CC(=O)O)c1c(C)cc(OCOC)c3[nH]c(=O)ccc13)C2. The normalized spacial score (nSPS) is 13.8. The molecule has 3 N–H and O–H groups in total. The Morgan fingerprint density at radius 2 is 1.77 bits per heavy atom. The van der Waals surface area contributed by atoms with Crippen molar-refractivity contribution < 1.29 is 28.9 Å². The van der Waals surface area contributed by atoms with Crippen LogP contribution >= 0.6 is 0 Å². The number of carbonyl (C=O) groups excluding carboxylic acids is 1. The zero-order valence-corrected chi connectivity index (χ0v) is 22.9. The molecule has 0 saturated heterocycles. The molecule has 3 aromatic rings. The van der Waals surface area contributed by atoms with Gasteiger partial charge in [-0.15, -0.1) is 0 Å². The topological polar surface area (TPSA) is 127 Å². The fourth-order valence-electron chi connectivity index (χ4n) is 5.49. The molecule has 9 heteroatoms. The van der Waals surface area contributed by atoms with Gasteiger partial charge in [0, 0.05) is 36.7 Å².